The molecular formula is C15H22ClNO2. The molecule has 4 heteroatoms. The summed E-state index contributed by atoms with van der Waals surface area (Å²) in [4.78, 5) is 0. The molecule has 1 aromatic carbocycles. The fraction of sp³-hybridized carbons (Fsp3) is 0.600. The number of nitrogens with two attached hydrogens (primary N) is 1. The van der Waals surface area contributed by atoms with Crippen molar-refractivity contribution in [1.82, 2.24) is 0 Å². The fourth-order valence-electron chi connectivity index (χ4n) is 2.08. The largest absolute Gasteiger partial charge is 0.489 e. The molecule has 1 aromatic rings. The van der Waals surface area contributed by atoms with Crippen molar-refractivity contribution in [3.8, 4) is 11.5 Å². The summed E-state index contributed by atoms with van der Waals surface area (Å²) >= 11 is 6.30. The van der Waals surface area contributed by atoms with Crippen LogP contribution in [0.15, 0.2) is 12.1 Å². The zero-order valence-electron chi connectivity index (χ0n) is 12.0. The molecule has 0 saturated heterocycles. The highest BCUT2D eigenvalue weighted by molar-refractivity contribution is 6.32. The maximum atomic E-state index is 6.30. The molecule has 0 radical (unpaired) electrons. The molecule has 0 fully saturated rings. The second kappa shape index (κ2) is 4.88. The summed E-state index contributed by atoms with van der Waals surface area (Å²) in [5, 5.41) is 0.592. The van der Waals surface area contributed by atoms with Gasteiger partial charge < -0.3 is 15.2 Å². The summed E-state index contributed by atoms with van der Waals surface area (Å²) in [6, 6.07) is 3.90. The number of halogens is 1. The first-order chi connectivity index (χ1) is 8.66. The van der Waals surface area contributed by atoms with E-state index in [9.17, 15) is 0 Å². The third kappa shape index (κ3) is 3.77. The van der Waals surface area contributed by atoms with Gasteiger partial charge >= 0.3 is 0 Å². The molecule has 0 bridgehead atoms. The van der Waals surface area contributed by atoms with Crippen LogP contribution in [0.1, 0.15) is 33.3 Å². The van der Waals surface area contributed by atoms with Crippen LogP contribution in [-0.4, -0.2) is 18.8 Å². The standard InChI is InChI=1S/C15H22ClNO2/c1-14(2)8-18-12-6-10(7-15(3,4)17)5-11(16)13(12)19-9-14/h5-6H,7-9,17H2,1-4H3. The van der Waals surface area contributed by atoms with Crippen molar-refractivity contribution in [2.24, 2.45) is 11.1 Å². The smallest absolute Gasteiger partial charge is 0.179 e. The first-order valence-electron chi connectivity index (χ1n) is 6.53. The minimum absolute atomic E-state index is 0.0182. The molecule has 0 spiro atoms. The highest BCUT2D eigenvalue weighted by atomic mass is 35.5. The zero-order chi connectivity index (χ0) is 14.3. The van der Waals surface area contributed by atoms with Crippen molar-refractivity contribution in [2.75, 3.05) is 13.2 Å². The van der Waals surface area contributed by atoms with Crippen LogP contribution in [0.2, 0.25) is 5.02 Å². The summed E-state index contributed by atoms with van der Waals surface area (Å²) in [6.45, 7) is 9.42. The molecule has 0 aromatic heterocycles. The van der Waals surface area contributed by atoms with Gasteiger partial charge in [0.05, 0.1) is 18.2 Å². The predicted molar refractivity (Wildman–Crippen MR) is 78.2 cm³/mol. The lowest BCUT2D eigenvalue weighted by Crippen LogP contribution is -2.34. The van der Waals surface area contributed by atoms with E-state index in [0.29, 0.717) is 24.0 Å². The van der Waals surface area contributed by atoms with Crippen LogP contribution in [0, 0.1) is 5.41 Å². The summed E-state index contributed by atoms with van der Waals surface area (Å²) in [5.74, 6) is 1.36. The SMILES string of the molecule is CC(C)(N)Cc1cc(Cl)c2c(c1)OCC(C)(C)CO2. The topological polar surface area (TPSA) is 44.5 Å². The Morgan fingerprint density at radius 3 is 2.53 bits per heavy atom. The molecule has 3 nitrogen and oxygen atoms in total. The van der Waals surface area contributed by atoms with Crippen LogP contribution in [0.5, 0.6) is 11.5 Å². The van der Waals surface area contributed by atoms with Gasteiger partial charge in [0.25, 0.3) is 0 Å². The molecule has 0 atom stereocenters. The Kier molecular flexibility index (Phi) is 3.72. The van der Waals surface area contributed by atoms with E-state index in [4.69, 9.17) is 26.8 Å². The Morgan fingerprint density at radius 2 is 1.89 bits per heavy atom. The molecule has 2 rings (SSSR count). The van der Waals surface area contributed by atoms with Gasteiger partial charge in [-0.15, -0.1) is 0 Å². The lowest BCUT2D eigenvalue weighted by molar-refractivity contribution is 0.140. The molecule has 0 aliphatic carbocycles. The maximum absolute atomic E-state index is 6.30. The van der Waals surface area contributed by atoms with Crippen LogP contribution in [0.3, 0.4) is 0 Å². The lowest BCUT2D eigenvalue weighted by Gasteiger charge is -2.20. The number of fused-ring (bicyclic) bond motifs is 1. The van der Waals surface area contributed by atoms with Crippen LogP contribution in [0.4, 0.5) is 0 Å². The van der Waals surface area contributed by atoms with Gasteiger partial charge in [0.15, 0.2) is 11.5 Å². The van der Waals surface area contributed by atoms with Gasteiger partial charge in [0.2, 0.25) is 0 Å². The van der Waals surface area contributed by atoms with Crippen molar-refractivity contribution >= 4 is 11.6 Å². The second-order valence-electron chi connectivity index (χ2n) is 6.81. The van der Waals surface area contributed by atoms with Crippen molar-refractivity contribution in [1.29, 1.82) is 0 Å². The van der Waals surface area contributed by atoms with Gasteiger partial charge in [-0.05, 0) is 38.0 Å². The minimum atomic E-state index is -0.275. The Hall–Kier alpha value is -0.930. The van der Waals surface area contributed by atoms with E-state index in [1.54, 1.807) is 0 Å². The summed E-state index contributed by atoms with van der Waals surface area (Å²) in [5.41, 5.74) is 6.83. The third-order valence-corrected chi connectivity index (χ3v) is 3.24. The molecule has 2 N–H and O–H groups in total. The van der Waals surface area contributed by atoms with Crippen LogP contribution >= 0.6 is 11.6 Å². The van der Waals surface area contributed by atoms with Gasteiger partial charge in [-0.2, -0.15) is 0 Å². The maximum Gasteiger partial charge on any atom is 0.179 e. The molecule has 0 unspecified atom stereocenters. The molecule has 0 amide bonds. The van der Waals surface area contributed by atoms with E-state index in [0.717, 1.165) is 17.7 Å². The van der Waals surface area contributed by atoms with Crippen LogP contribution in [0.25, 0.3) is 0 Å². The van der Waals surface area contributed by atoms with Gasteiger partial charge in [0.1, 0.15) is 0 Å². The molecular weight excluding hydrogens is 262 g/mol. The molecule has 1 aliphatic rings. The van der Waals surface area contributed by atoms with Crippen LogP contribution < -0.4 is 15.2 Å². The van der Waals surface area contributed by atoms with Gasteiger partial charge in [0, 0.05) is 11.0 Å². The Bertz CT molecular complexity index is 478. The van der Waals surface area contributed by atoms with Gasteiger partial charge in [-0.1, -0.05) is 25.4 Å². The van der Waals surface area contributed by atoms with E-state index >= 15 is 0 Å². The fourth-order valence-corrected chi connectivity index (χ4v) is 2.37. The van der Waals surface area contributed by atoms with Crippen molar-refractivity contribution < 1.29 is 9.47 Å². The first-order valence-corrected chi connectivity index (χ1v) is 6.91. The number of benzene rings is 1. The number of ether oxygens (including phenoxy) is 2. The van der Waals surface area contributed by atoms with Crippen molar-refractivity contribution in [3.05, 3.63) is 22.7 Å². The highest BCUT2D eigenvalue weighted by Crippen LogP contribution is 2.40. The lowest BCUT2D eigenvalue weighted by atomic mass is 9.96. The Labute approximate surface area is 120 Å². The molecule has 1 heterocycles. The summed E-state index contributed by atoms with van der Waals surface area (Å²) in [6.07, 6.45) is 0.743. The van der Waals surface area contributed by atoms with Crippen molar-refractivity contribution in [2.45, 2.75) is 39.7 Å². The van der Waals surface area contributed by atoms with E-state index in [1.807, 2.05) is 26.0 Å². The molecule has 19 heavy (non-hydrogen) atoms. The average molecular weight is 284 g/mol. The van der Waals surface area contributed by atoms with E-state index in [2.05, 4.69) is 13.8 Å². The van der Waals surface area contributed by atoms with Crippen LogP contribution in [-0.2, 0) is 6.42 Å². The molecule has 0 saturated carbocycles. The number of hydrogen-bond acceptors (Lipinski definition) is 3. The van der Waals surface area contributed by atoms with Gasteiger partial charge in [-0.25, -0.2) is 0 Å². The van der Waals surface area contributed by atoms with E-state index < -0.39 is 0 Å². The number of rotatable bonds is 2. The predicted octanol–water partition coefficient (Wildman–Crippen LogP) is 3.42. The second-order valence-corrected chi connectivity index (χ2v) is 7.22. The monoisotopic (exact) mass is 283 g/mol. The zero-order valence-corrected chi connectivity index (χ0v) is 12.8. The minimum Gasteiger partial charge on any atom is -0.489 e. The summed E-state index contributed by atoms with van der Waals surface area (Å²) in [7, 11) is 0. The van der Waals surface area contributed by atoms with Gasteiger partial charge in [-0.3, -0.25) is 0 Å². The Morgan fingerprint density at radius 1 is 1.26 bits per heavy atom. The third-order valence-electron chi connectivity index (χ3n) is 2.95. The average Bonchev–Trinajstić information content (AvgIpc) is 2.36. The quantitative estimate of drug-likeness (QED) is 0.904. The highest BCUT2D eigenvalue weighted by Gasteiger charge is 2.27. The van der Waals surface area contributed by atoms with E-state index in [1.165, 1.54) is 0 Å². The van der Waals surface area contributed by atoms with Crippen molar-refractivity contribution in [3.63, 3.8) is 0 Å². The molecule has 106 valence electrons. The summed E-state index contributed by atoms with van der Waals surface area (Å²) < 4.78 is 11.6. The first kappa shape index (κ1) is 14.5. The normalized spacial score (nSPS) is 18.0. The molecule has 1 aliphatic heterocycles. The number of hydrogen-bond donors (Lipinski definition) is 1. The Balaban J connectivity index is 2.32. The van der Waals surface area contributed by atoms with E-state index in [-0.39, 0.29) is 11.0 Å².